The number of morpholine rings is 1. The third kappa shape index (κ3) is 6.39. The van der Waals surface area contributed by atoms with Crippen LogP contribution >= 0.6 is 23.8 Å². The summed E-state index contributed by atoms with van der Waals surface area (Å²) >= 11 is 11.0. The summed E-state index contributed by atoms with van der Waals surface area (Å²) < 4.78 is 5.30. The van der Waals surface area contributed by atoms with Crippen LogP contribution in [0.2, 0.25) is 5.02 Å². The van der Waals surface area contributed by atoms with Gasteiger partial charge >= 0.3 is 0 Å². The van der Waals surface area contributed by atoms with Gasteiger partial charge in [-0.2, -0.15) is 5.10 Å². The minimum Gasteiger partial charge on any atom is -0.379 e. The number of hydrazone groups is 1. The second-order valence-corrected chi connectivity index (χ2v) is 5.48. The first-order valence-corrected chi connectivity index (χ1v) is 7.65. The lowest BCUT2D eigenvalue weighted by molar-refractivity contribution is 0.0389. The Hall–Kier alpha value is -1.21. The van der Waals surface area contributed by atoms with Crippen molar-refractivity contribution in [3.05, 3.63) is 34.9 Å². The van der Waals surface area contributed by atoms with Crippen molar-refractivity contribution in [2.45, 2.75) is 0 Å². The molecule has 1 aromatic carbocycles. The quantitative estimate of drug-likeness (QED) is 0.487. The van der Waals surface area contributed by atoms with E-state index in [1.54, 1.807) is 6.21 Å². The third-order valence-corrected chi connectivity index (χ3v) is 3.55. The zero-order valence-electron chi connectivity index (χ0n) is 11.7. The van der Waals surface area contributed by atoms with Gasteiger partial charge in [0, 0.05) is 31.2 Å². The topological polar surface area (TPSA) is 48.9 Å². The largest absolute Gasteiger partial charge is 0.379 e. The van der Waals surface area contributed by atoms with E-state index in [2.05, 4.69) is 20.7 Å². The van der Waals surface area contributed by atoms with Crippen molar-refractivity contribution >= 4 is 35.1 Å². The first-order valence-electron chi connectivity index (χ1n) is 6.86. The van der Waals surface area contributed by atoms with E-state index in [4.69, 9.17) is 28.6 Å². The predicted molar refractivity (Wildman–Crippen MR) is 90.0 cm³/mol. The molecule has 1 aromatic rings. The van der Waals surface area contributed by atoms with Gasteiger partial charge in [0.05, 0.1) is 19.4 Å². The summed E-state index contributed by atoms with van der Waals surface area (Å²) in [5.74, 6) is 0. The Bertz CT molecular complexity index is 474. The summed E-state index contributed by atoms with van der Waals surface area (Å²) in [4.78, 5) is 2.34. The Morgan fingerprint density at radius 3 is 2.76 bits per heavy atom. The lowest BCUT2D eigenvalue weighted by Gasteiger charge is -2.26. The maximum absolute atomic E-state index is 5.81. The summed E-state index contributed by atoms with van der Waals surface area (Å²) in [6.45, 7) is 5.34. The monoisotopic (exact) mass is 326 g/mol. The summed E-state index contributed by atoms with van der Waals surface area (Å²) in [5.41, 5.74) is 3.76. The normalized spacial score (nSPS) is 16.0. The number of ether oxygens (including phenoxy) is 1. The van der Waals surface area contributed by atoms with Gasteiger partial charge in [-0.1, -0.05) is 23.7 Å². The zero-order chi connectivity index (χ0) is 14.9. The van der Waals surface area contributed by atoms with Crippen LogP contribution in [0.5, 0.6) is 0 Å². The average molecular weight is 327 g/mol. The smallest absolute Gasteiger partial charge is 0.187 e. The van der Waals surface area contributed by atoms with Gasteiger partial charge in [-0.05, 0) is 29.9 Å². The highest BCUT2D eigenvalue weighted by atomic mass is 35.5. The van der Waals surface area contributed by atoms with Crippen molar-refractivity contribution < 1.29 is 4.74 Å². The molecular weight excluding hydrogens is 308 g/mol. The molecule has 1 aliphatic rings. The number of halogens is 1. The number of hydrogen-bond donors (Lipinski definition) is 2. The first kappa shape index (κ1) is 16.2. The van der Waals surface area contributed by atoms with Crippen molar-refractivity contribution in [3.8, 4) is 0 Å². The maximum Gasteiger partial charge on any atom is 0.187 e. The number of rotatable bonds is 5. The van der Waals surface area contributed by atoms with E-state index >= 15 is 0 Å². The zero-order valence-corrected chi connectivity index (χ0v) is 13.3. The Morgan fingerprint density at radius 1 is 1.33 bits per heavy atom. The highest BCUT2D eigenvalue weighted by Gasteiger charge is 2.09. The summed E-state index contributed by atoms with van der Waals surface area (Å²) in [6, 6.07) is 7.43. The fourth-order valence-electron chi connectivity index (χ4n) is 1.91. The average Bonchev–Trinajstić information content (AvgIpc) is 2.50. The molecular formula is C14H19ClN4OS. The molecule has 2 rings (SSSR count). The number of thiocarbonyl (C=S) groups is 1. The molecule has 0 amide bonds. The fraction of sp³-hybridized carbons (Fsp3) is 0.429. The van der Waals surface area contributed by atoms with Gasteiger partial charge in [0.15, 0.2) is 5.11 Å². The summed E-state index contributed by atoms with van der Waals surface area (Å²) in [7, 11) is 0. The van der Waals surface area contributed by atoms with E-state index < -0.39 is 0 Å². The van der Waals surface area contributed by atoms with E-state index in [9.17, 15) is 0 Å². The molecule has 1 saturated heterocycles. The van der Waals surface area contributed by atoms with Crippen LogP contribution in [0.1, 0.15) is 5.56 Å². The molecule has 0 aliphatic carbocycles. The van der Waals surface area contributed by atoms with Crippen molar-refractivity contribution in [2.75, 3.05) is 39.4 Å². The third-order valence-electron chi connectivity index (χ3n) is 3.07. The number of nitrogens with one attached hydrogen (secondary N) is 2. The molecule has 1 fully saturated rings. The fourth-order valence-corrected chi connectivity index (χ4v) is 2.19. The molecule has 0 atom stereocenters. The highest BCUT2D eigenvalue weighted by Crippen LogP contribution is 2.07. The second-order valence-electron chi connectivity index (χ2n) is 4.63. The van der Waals surface area contributed by atoms with E-state index in [0.717, 1.165) is 45.0 Å². The highest BCUT2D eigenvalue weighted by molar-refractivity contribution is 7.80. The molecule has 5 nitrogen and oxygen atoms in total. The van der Waals surface area contributed by atoms with E-state index in [-0.39, 0.29) is 0 Å². The van der Waals surface area contributed by atoms with Crippen molar-refractivity contribution in [1.82, 2.24) is 15.6 Å². The molecule has 0 unspecified atom stereocenters. The molecule has 7 heteroatoms. The number of nitrogens with zero attached hydrogens (tertiary/aromatic N) is 2. The molecule has 0 spiro atoms. The molecule has 2 N–H and O–H groups in total. The van der Waals surface area contributed by atoms with E-state index in [1.807, 2.05) is 24.3 Å². The second kappa shape index (κ2) is 8.94. The Labute approximate surface area is 135 Å². The molecule has 114 valence electrons. The van der Waals surface area contributed by atoms with Crippen molar-refractivity contribution in [1.29, 1.82) is 0 Å². The van der Waals surface area contributed by atoms with Crippen LogP contribution in [-0.2, 0) is 4.74 Å². The minimum atomic E-state index is 0.522. The van der Waals surface area contributed by atoms with Crippen LogP contribution in [-0.4, -0.2) is 55.6 Å². The molecule has 0 radical (unpaired) electrons. The summed E-state index contributed by atoms with van der Waals surface area (Å²) in [5, 5.41) is 8.44. The van der Waals surface area contributed by atoms with Gasteiger partial charge in [0.25, 0.3) is 0 Å². The van der Waals surface area contributed by atoms with Crippen molar-refractivity contribution in [3.63, 3.8) is 0 Å². The van der Waals surface area contributed by atoms with Gasteiger partial charge in [0.2, 0.25) is 0 Å². The molecule has 1 aliphatic heterocycles. The van der Waals surface area contributed by atoms with Gasteiger partial charge < -0.3 is 10.1 Å². The standard InChI is InChI=1S/C14H19ClN4OS/c15-13-3-1-12(2-4-13)11-17-18-14(21)16-5-6-19-7-9-20-10-8-19/h1-4,11H,5-10H2,(H2,16,18,21)/b17-11+. The van der Waals surface area contributed by atoms with Gasteiger partial charge in [0.1, 0.15) is 0 Å². The van der Waals surface area contributed by atoms with Crippen LogP contribution in [0, 0.1) is 0 Å². The lowest BCUT2D eigenvalue weighted by atomic mass is 10.2. The molecule has 0 bridgehead atoms. The Morgan fingerprint density at radius 2 is 2.05 bits per heavy atom. The lowest BCUT2D eigenvalue weighted by Crippen LogP contribution is -2.42. The van der Waals surface area contributed by atoms with E-state index in [1.165, 1.54) is 0 Å². The minimum absolute atomic E-state index is 0.522. The molecule has 1 heterocycles. The molecule has 0 aromatic heterocycles. The maximum atomic E-state index is 5.81. The Balaban J connectivity index is 1.61. The summed E-state index contributed by atoms with van der Waals surface area (Å²) in [6.07, 6.45) is 1.70. The number of hydrogen-bond acceptors (Lipinski definition) is 4. The van der Waals surface area contributed by atoms with Gasteiger partial charge in [-0.25, -0.2) is 0 Å². The van der Waals surface area contributed by atoms with Crippen LogP contribution in [0.25, 0.3) is 0 Å². The van der Waals surface area contributed by atoms with Crippen LogP contribution in [0.4, 0.5) is 0 Å². The SMILES string of the molecule is S=C(NCCN1CCOCC1)N/N=C/c1ccc(Cl)cc1. The van der Waals surface area contributed by atoms with Crippen molar-refractivity contribution in [2.24, 2.45) is 5.10 Å². The Kier molecular flexibility index (Phi) is 6.88. The number of benzene rings is 1. The van der Waals surface area contributed by atoms with Crippen LogP contribution in [0.15, 0.2) is 29.4 Å². The van der Waals surface area contributed by atoms with Crippen LogP contribution in [0.3, 0.4) is 0 Å². The van der Waals surface area contributed by atoms with E-state index in [0.29, 0.717) is 10.1 Å². The van der Waals surface area contributed by atoms with Gasteiger partial charge in [-0.15, -0.1) is 0 Å². The first-order chi connectivity index (χ1) is 10.2. The molecule has 0 saturated carbocycles. The van der Waals surface area contributed by atoms with Crippen LogP contribution < -0.4 is 10.7 Å². The predicted octanol–water partition coefficient (Wildman–Crippen LogP) is 1.47. The van der Waals surface area contributed by atoms with Gasteiger partial charge in [-0.3, -0.25) is 10.3 Å². The molecule has 21 heavy (non-hydrogen) atoms.